The first kappa shape index (κ1) is 17.7. The Labute approximate surface area is 172 Å². The quantitative estimate of drug-likeness (QED) is 0.402. The Morgan fingerprint density at radius 1 is 0.966 bits per heavy atom. The fourth-order valence-corrected chi connectivity index (χ4v) is 3.68. The molecule has 0 spiro atoms. The van der Waals surface area contributed by atoms with Gasteiger partial charge >= 0.3 is 0 Å². The van der Waals surface area contributed by atoms with E-state index in [4.69, 9.17) is 0 Å². The summed E-state index contributed by atoms with van der Waals surface area (Å²) < 4.78 is 17.4. The average molecular weight is 450 g/mol. The van der Waals surface area contributed by atoms with E-state index >= 15 is 0 Å². The van der Waals surface area contributed by atoms with E-state index < -0.39 is 0 Å². The molecule has 142 valence electrons. The van der Waals surface area contributed by atoms with E-state index in [1.165, 1.54) is 16.7 Å². The second kappa shape index (κ2) is 6.59. The molecule has 0 aliphatic heterocycles. The van der Waals surface area contributed by atoms with Crippen LogP contribution >= 0.6 is 15.9 Å². The van der Waals surface area contributed by atoms with Crippen LogP contribution in [0.25, 0.3) is 33.5 Å². The smallest absolute Gasteiger partial charge is 0.282 e. The molecule has 0 fully saturated rings. The SMILES string of the molecule is Cc1nn2c(nnc3c(=O)n(-c4ccc(Br)cc4)ccc32)c1-c1ccc(F)cc1. The van der Waals surface area contributed by atoms with E-state index in [1.807, 2.05) is 31.2 Å². The highest BCUT2D eigenvalue weighted by Gasteiger charge is 2.17. The molecule has 8 heteroatoms. The number of hydrogen-bond donors (Lipinski definition) is 0. The molecule has 0 saturated heterocycles. The van der Waals surface area contributed by atoms with Crippen LogP contribution in [0.15, 0.2) is 70.1 Å². The van der Waals surface area contributed by atoms with Crippen LogP contribution in [0.5, 0.6) is 0 Å². The molecule has 0 aliphatic carbocycles. The number of aromatic nitrogens is 5. The van der Waals surface area contributed by atoms with Crippen molar-refractivity contribution in [2.45, 2.75) is 6.92 Å². The molecule has 0 radical (unpaired) electrons. The van der Waals surface area contributed by atoms with Gasteiger partial charge in [0, 0.05) is 16.4 Å². The summed E-state index contributed by atoms with van der Waals surface area (Å²) in [5, 5.41) is 13.0. The van der Waals surface area contributed by atoms with Crippen molar-refractivity contribution in [3.05, 3.63) is 87.1 Å². The fraction of sp³-hybridized carbons (Fsp3) is 0.0476. The summed E-state index contributed by atoms with van der Waals surface area (Å²) >= 11 is 3.39. The van der Waals surface area contributed by atoms with Gasteiger partial charge < -0.3 is 0 Å². The molecule has 2 aromatic carbocycles. The maximum atomic E-state index is 13.3. The van der Waals surface area contributed by atoms with Gasteiger partial charge in [-0.1, -0.05) is 28.1 Å². The van der Waals surface area contributed by atoms with Crippen LogP contribution in [0.1, 0.15) is 5.69 Å². The summed E-state index contributed by atoms with van der Waals surface area (Å²) in [5.41, 5.74) is 4.01. The molecule has 29 heavy (non-hydrogen) atoms. The minimum absolute atomic E-state index is 0.219. The number of benzene rings is 2. The Bertz CT molecular complexity index is 1440. The monoisotopic (exact) mass is 449 g/mol. The summed E-state index contributed by atoms with van der Waals surface area (Å²) in [7, 11) is 0. The van der Waals surface area contributed by atoms with Crippen molar-refractivity contribution >= 4 is 32.6 Å². The highest BCUT2D eigenvalue weighted by molar-refractivity contribution is 9.10. The zero-order valence-electron chi connectivity index (χ0n) is 15.2. The van der Waals surface area contributed by atoms with Crippen LogP contribution in [-0.2, 0) is 0 Å². The molecular weight excluding hydrogens is 437 g/mol. The van der Waals surface area contributed by atoms with E-state index in [-0.39, 0.29) is 16.9 Å². The first-order valence-electron chi connectivity index (χ1n) is 8.82. The van der Waals surface area contributed by atoms with Crippen molar-refractivity contribution in [3.63, 3.8) is 0 Å². The maximum Gasteiger partial charge on any atom is 0.285 e. The highest BCUT2D eigenvalue weighted by Crippen LogP contribution is 2.28. The van der Waals surface area contributed by atoms with Crippen LogP contribution in [0, 0.1) is 12.7 Å². The number of halogens is 2. The van der Waals surface area contributed by atoms with Crippen molar-refractivity contribution in [1.82, 2.24) is 24.4 Å². The minimum Gasteiger partial charge on any atom is -0.282 e. The highest BCUT2D eigenvalue weighted by atomic mass is 79.9. The second-order valence-corrected chi connectivity index (χ2v) is 7.52. The lowest BCUT2D eigenvalue weighted by molar-refractivity contribution is 0.628. The van der Waals surface area contributed by atoms with Gasteiger partial charge in [-0.3, -0.25) is 9.36 Å². The minimum atomic E-state index is -0.312. The molecule has 0 aliphatic rings. The van der Waals surface area contributed by atoms with E-state index in [1.54, 1.807) is 28.9 Å². The maximum absolute atomic E-state index is 13.3. The summed E-state index contributed by atoms with van der Waals surface area (Å²) in [5.74, 6) is -0.312. The third-order valence-electron chi connectivity index (χ3n) is 4.79. The first-order chi connectivity index (χ1) is 14.0. The van der Waals surface area contributed by atoms with Crippen LogP contribution in [0.3, 0.4) is 0 Å². The third kappa shape index (κ3) is 2.84. The topological polar surface area (TPSA) is 65.1 Å². The van der Waals surface area contributed by atoms with Gasteiger partial charge in [0.15, 0.2) is 11.2 Å². The number of pyridine rings is 1. The van der Waals surface area contributed by atoms with Crippen molar-refractivity contribution in [1.29, 1.82) is 0 Å². The van der Waals surface area contributed by atoms with Crippen molar-refractivity contribution < 1.29 is 4.39 Å². The van der Waals surface area contributed by atoms with Crippen molar-refractivity contribution in [2.75, 3.05) is 0 Å². The zero-order chi connectivity index (χ0) is 20.1. The molecule has 6 nitrogen and oxygen atoms in total. The lowest BCUT2D eigenvalue weighted by Gasteiger charge is -2.07. The first-order valence-corrected chi connectivity index (χ1v) is 9.61. The molecule has 0 atom stereocenters. The second-order valence-electron chi connectivity index (χ2n) is 6.60. The van der Waals surface area contributed by atoms with Gasteiger partial charge in [-0.2, -0.15) is 5.10 Å². The number of nitrogens with zero attached hydrogens (tertiary/aromatic N) is 5. The normalized spacial score (nSPS) is 11.4. The molecule has 0 amide bonds. The summed E-state index contributed by atoms with van der Waals surface area (Å²) in [6, 6.07) is 15.4. The van der Waals surface area contributed by atoms with Crippen LogP contribution in [0.4, 0.5) is 4.39 Å². The van der Waals surface area contributed by atoms with Gasteiger partial charge in [0.1, 0.15) is 11.3 Å². The van der Waals surface area contributed by atoms with Crippen molar-refractivity contribution in [3.8, 4) is 16.8 Å². The summed E-state index contributed by atoms with van der Waals surface area (Å²) in [6.45, 7) is 1.85. The fourth-order valence-electron chi connectivity index (χ4n) is 3.41. The lowest BCUT2D eigenvalue weighted by Crippen LogP contribution is -2.20. The van der Waals surface area contributed by atoms with Crippen molar-refractivity contribution in [2.24, 2.45) is 0 Å². The van der Waals surface area contributed by atoms with Gasteiger partial charge in [-0.05, 0) is 55.0 Å². The largest absolute Gasteiger partial charge is 0.285 e. The number of hydrogen-bond acceptors (Lipinski definition) is 4. The van der Waals surface area contributed by atoms with E-state index in [0.717, 1.165) is 27.0 Å². The Morgan fingerprint density at radius 3 is 2.41 bits per heavy atom. The Balaban J connectivity index is 1.75. The zero-order valence-corrected chi connectivity index (χ0v) is 16.8. The molecule has 0 bridgehead atoms. The predicted octanol–water partition coefficient (Wildman–Crippen LogP) is 4.31. The third-order valence-corrected chi connectivity index (χ3v) is 5.32. The molecule has 0 saturated carbocycles. The molecule has 5 aromatic rings. The number of aryl methyl sites for hydroxylation is 1. The van der Waals surface area contributed by atoms with E-state index in [9.17, 15) is 9.18 Å². The average Bonchev–Trinajstić information content (AvgIpc) is 3.06. The van der Waals surface area contributed by atoms with Gasteiger partial charge in [0.2, 0.25) is 0 Å². The van der Waals surface area contributed by atoms with Gasteiger partial charge in [-0.15, -0.1) is 10.2 Å². The van der Waals surface area contributed by atoms with Gasteiger partial charge in [-0.25, -0.2) is 8.91 Å². The lowest BCUT2D eigenvalue weighted by atomic mass is 10.1. The Kier molecular flexibility index (Phi) is 4.02. The van der Waals surface area contributed by atoms with E-state index in [0.29, 0.717) is 11.2 Å². The van der Waals surface area contributed by atoms with Gasteiger partial charge in [0.25, 0.3) is 5.56 Å². The van der Waals surface area contributed by atoms with Crippen LogP contribution in [0.2, 0.25) is 0 Å². The Hall–Kier alpha value is -3.39. The molecule has 0 N–H and O–H groups in total. The molecule has 3 aromatic heterocycles. The molecule has 5 rings (SSSR count). The molecule has 3 heterocycles. The summed E-state index contributed by atoms with van der Waals surface area (Å²) in [6.07, 6.45) is 1.70. The van der Waals surface area contributed by atoms with Crippen LogP contribution < -0.4 is 5.56 Å². The molecular formula is C21H13BrFN5O. The van der Waals surface area contributed by atoms with E-state index in [2.05, 4.69) is 31.2 Å². The standard InChI is InChI=1S/C21H13BrFN5O/c1-12-18(13-2-6-15(23)7-3-13)20-25-24-19-17(28(20)26-12)10-11-27(21(19)29)16-8-4-14(22)5-9-16/h2-11H,1H3. The molecule has 0 unspecified atom stereocenters. The Morgan fingerprint density at radius 2 is 1.69 bits per heavy atom. The van der Waals surface area contributed by atoms with Gasteiger partial charge in [0.05, 0.1) is 11.3 Å². The number of rotatable bonds is 2. The predicted molar refractivity (Wildman–Crippen MR) is 112 cm³/mol. The number of fused-ring (bicyclic) bond motifs is 3. The van der Waals surface area contributed by atoms with Crippen LogP contribution in [-0.4, -0.2) is 24.4 Å². The summed E-state index contributed by atoms with van der Waals surface area (Å²) in [4.78, 5) is 13.0.